The third-order valence-corrected chi connectivity index (χ3v) is 4.82. The van der Waals surface area contributed by atoms with Crippen molar-refractivity contribution in [3.8, 4) is 0 Å². The molecule has 0 saturated heterocycles. The normalized spacial score (nSPS) is 43.0. The molecule has 3 N–H and O–H groups in total. The molecule has 0 heterocycles. The number of aliphatic hydroxyl groups excluding tert-OH is 1. The molecular formula is C14H19NO4. The molecule has 0 aromatic rings. The Kier molecular flexibility index (Phi) is 3.09. The van der Waals surface area contributed by atoms with Crippen molar-refractivity contribution in [2.75, 3.05) is 6.54 Å². The highest BCUT2D eigenvalue weighted by molar-refractivity contribution is 5.86. The number of allylic oxidation sites excluding steroid dienone is 2. The first-order valence-corrected chi connectivity index (χ1v) is 6.93. The molecule has 0 spiro atoms. The van der Waals surface area contributed by atoms with Crippen LogP contribution in [0, 0.1) is 29.6 Å². The number of carbonyl (C=O) groups is 2. The number of carboxylic acid groups (broad SMARTS) is 1. The van der Waals surface area contributed by atoms with E-state index in [1.807, 2.05) is 12.2 Å². The highest BCUT2D eigenvalue weighted by Crippen LogP contribution is 2.48. The largest absolute Gasteiger partial charge is 0.481 e. The molecular weight excluding hydrogens is 246 g/mol. The van der Waals surface area contributed by atoms with Crippen molar-refractivity contribution in [1.29, 1.82) is 0 Å². The lowest BCUT2D eigenvalue weighted by molar-refractivity contribution is -0.147. The monoisotopic (exact) mass is 265 g/mol. The first kappa shape index (κ1) is 12.7. The first-order chi connectivity index (χ1) is 9.06. The Balaban J connectivity index is 1.59. The Morgan fingerprint density at radius 2 is 1.74 bits per heavy atom. The Labute approximate surface area is 111 Å². The van der Waals surface area contributed by atoms with Gasteiger partial charge in [-0.05, 0) is 37.0 Å². The minimum Gasteiger partial charge on any atom is -0.481 e. The number of nitrogens with one attached hydrogen (secondary N) is 1. The molecule has 2 saturated carbocycles. The quantitative estimate of drug-likeness (QED) is 0.642. The molecule has 3 aliphatic carbocycles. The lowest BCUT2D eigenvalue weighted by Gasteiger charge is -2.32. The standard InChI is InChI=1S/C14H19NO4/c16-10-3-7(4-10)6-15-13(17)11-8-1-2-9(5-8)12(11)14(18)19/h1-2,7-12,16H,3-6H2,(H,15,17)(H,18,19). The number of carbonyl (C=O) groups excluding carboxylic acids is 1. The van der Waals surface area contributed by atoms with Gasteiger partial charge in [0.2, 0.25) is 5.91 Å². The van der Waals surface area contributed by atoms with Gasteiger partial charge >= 0.3 is 5.97 Å². The third kappa shape index (κ3) is 2.16. The molecule has 19 heavy (non-hydrogen) atoms. The molecule has 3 aliphatic rings. The summed E-state index contributed by atoms with van der Waals surface area (Å²) < 4.78 is 0. The van der Waals surface area contributed by atoms with Crippen molar-refractivity contribution in [3.63, 3.8) is 0 Å². The highest BCUT2D eigenvalue weighted by atomic mass is 16.4. The van der Waals surface area contributed by atoms with Crippen LogP contribution in [0.4, 0.5) is 0 Å². The topological polar surface area (TPSA) is 86.6 Å². The van der Waals surface area contributed by atoms with Crippen molar-refractivity contribution < 1.29 is 19.8 Å². The third-order valence-electron chi connectivity index (χ3n) is 4.82. The average Bonchev–Trinajstić information content (AvgIpc) is 2.92. The Morgan fingerprint density at radius 1 is 1.11 bits per heavy atom. The van der Waals surface area contributed by atoms with Gasteiger partial charge in [0.25, 0.3) is 0 Å². The molecule has 3 rings (SSSR count). The molecule has 0 radical (unpaired) electrons. The van der Waals surface area contributed by atoms with Crippen LogP contribution in [0.1, 0.15) is 19.3 Å². The zero-order valence-corrected chi connectivity index (χ0v) is 10.7. The minimum atomic E-state index is -0.865. The molecule has 1 amide bonds. The van der Waals surface area contributed by atoms with E-state index in [9.17, 15) is 19.8 Å². The number of aliphatic carboxylic acids is 1. The predicted octanol–water partition coefficient (Wildman–Crippen LogP) is 0.396. The number of fused-ring (bicyclic) bond motifs is 2. The molecule has 0 aromatic carbocycles. The second kappa shape index (κ2) is 4.63. The Hall–Kier alpha value is -1.36. The van der Waals surface area contributed by atoms with E-state index in [0.717, 1.165) is 19.3 Å². The number of rotatable bonds is 4. The summed E-state index contributed by atoms with van der Waals surface area (Å²) in [5.41, 5.74) is 0. The van der Waals surface area contributed by atoms with Gasteiger partial charge in [-0.1, -0.05) is 12.2 Å². The summed E-state index contributed by atoms with van der Waals surface area (Å²) in [6.07, 6.45) is 5.96. The van der Waals surface area contributed by atoms with E-state index >= 15 is 0 Å². The van der Waals surface area contributed by atoms with Gasteiger partial charge in [-0.25, -0.2) is 0 Å². The second-order valence-corrected chi connectivity index (χ2v) is 6.07. The van der Waals surface area contributed by atoms with Gasteiger partial charge in [0.1, 0.15) is 0 Å². The van der Waals surface area contributed by atoms with E-state index < -0.39 is 17.8 Å². The van der Waals surface area contributed by atoms with Crippen molar-refractivity contribution >= 4 is 11.9 Å². The first-order valence-electron chi connectivity index (χ1n) is 6.93. The summed E-state index contributed by atoms with van der Waals surface area (Å²) in [6.45, 7) is 0.555. The number of hydrogen-bond donors (Lipinski definition) is 3. The highest BCUT2D eigenvalue weighted by Gasteiger charge is 2.51. The SMILES string of the molecule is O=C(O)C1C2C=CC(C2)C1C(=O)NCC1CC(O)C1. The van der Waals surface area contributed by atoms with Gasteiger partial charge in [0, 0.05) is 6.54 Å². The molecule has 5 nitrogen and oxygen atoms in total. The summed E-state index contributed by atoms with van der Waals surface area (Å²) in [6, 6.07) is 0. The van der Waals surface area contributed by atoms with E-state index in [2.05, 4.69) is 5.32 Å². The fourth-order valence-electron chi connectivity index (χ4n) is 3.75. The van der Waals surface area contributed by atoms with Crippen molar-refractivity contribution in [2.45, 2.75) is 25.4 Å². The minimum absolute atomic E-state index is 0.0174. The second-order valence-electron chi connectivity index (χ2n) is 6.07. The molecule has 4 atom stereocenters. The van der Waals surface area contributed by atoms with Gasteiger partial charge in [-0.3, -0.25) is 9.59 Å². The molecule has 4 unspecified atom stereocenters. The lowest BCUT2D eigenvalue weighted by Crippen LogP contribution is -2.44. The molecule has 0 aliphatic heterocycles. The van der Waals surface area contributed by atoms with Crippen LogP contribution in [0.2, 0.25) is 0 Å². The van der Waals surface area contributed by atoms with Crippen LogP contribution >= 0.6 is 0 Å². The molecule has 2 fully saturated rings. The molecule has 104 valence electrons. The Bertz CT molecular complexity index is 427. The summed E-state index contributed by atoms with van der Waals surface area (Å²) in [5.74, 6) is -1.54. The van der Waals surface area contributed by atoms with Crippen molar-refractivity contribution in [1.82, 2.24) is 5.32 Å². The van der Waals surface area contributed by atoms with Crippen molar-refractivity contribution in [3.05, 3.63) is 12.2 Å². The number of aliphatic hydroxyl groups is 1. The maximum absolute atomic E-state index is 12.2. The maximum Gasteiger partial charge on any atom is 0.307 e. The fourth-order valence-corrected chi connectivity index (χ4v) is 3.75. The van der Waals surface area contributed by atoms with Crippen LogP contribution in [0.15, 0.2) is 12.2 Å². The van der Waals surface area contributed by atoms with Crippen LogP contribution in [-0.2, 0) is 9.59 Å². The average molecular weight is 265 g/mol. The summed E-state index contributed by atoms with van der Waals surface area (Å²) >= 11 is 0. The van der Waals surface area contributed by atoms with Gasteiger partial charge < -0.3 is 15.5 Å². The van der Waals surface area contributed by atoms with E-state index in [-0.39, 0.29) is 23.8 Å². The van der Waals surface area contributed by atoms with Crippen LogP contribution in [0.3, 0.4) is 0 Å². The van der Waals surface area contributed by atoms with E-state index in [4.69, 9.17) is 0 Å². The summed E-state index contributed by atoms with van der Waals surface area (Å²) in [5, 5.41) is 21.3. The van der Waals surface area contributed by atoms with E-state index in [1.165, 1.54) is 0 Å². The van der Waals surface area contributed by atoms with Crippen LogP contribution in [-0.4, -0.2) is 34.7 Å². The maximum atomic E-state index is 12.2. The molecule has 2 bridgehead atoms. The smallest absolute Gasteiger partial charge is 0.307 e. The molecule has 5 heteroatoms. The number of carboxylic acids is 1. The Morgan fingerprint density at radius 3 is 2.32 bits per heavy atom. The van der Waals surface area contributed by atoms with Crippen LogP contribution in [0.5, 0.6) is 0 Å². The fraction of sp³-hybridized carbons (Fsp3) is 0.714. The van der Waals surface area contributed by atoms with Crippen LogP contribution in [0.25, 0.3) is 0 Å². The van der Waals surface area contributed by atoms with Crippen LogP contribution < -0.4 is 5.32 Å². The van der Waals surface area contributed by atoms with E-state index in [0.29, 0.717) is 12.5 Å². The van der Waals surface area contributed by atoms with Gasteiger partial charge in [0.05, 0.1) is 17.9 Å². The number of hydrogen-bond acceptors (Lipinski definition) is 3. The zero-order chi connectivity index (χ0) is 13.6. The summed E-state index contributed by atoms with van der Waals surface area (Å²) in [7, 11) is 0. The summed E-state index contributed by atoms with van der Waals surface area (Å²) in [4.78, 5) is 23.5. The van der Waals surface area contributed by atoms with Crippen molar-refractivity contribution in [2.24, 2.45) is 29.6 Å². The van der Waals surface area contributed by atoms with Gasteiger partial charge in [-0.15, -0.1) is 0 Å². The lowest BCUT2D eigenvalue weighted by atomic mass is 9.81. The zero-order valence-electron chi connectivity index (χ0n) is 10.7. The number of amides is 1. The molecule has 0 aromatic heterocycles. The van der Waals surface area contributed by atoms with Gasteiger partial charge in [0.15, 0.2) is 0 Å². The predicted molar refractivity (Wildman–Crippen MR) is 67.1 cm³/mol. The van der Waals surface area contributed by atoms with E-state index in [1.54, 1.807) is 0 Å². The van der Waals surface area contributed by atoms with Gasteiger partial charge in [-0.2, -0.15) is 0 Å².